The SMILES string of the molecule is Cc1ccc(CCN2CC[C@H]3CC(C)CCC3[C@H]2c2cccc(O)c2)cc1. The number of aromatic hydroxyl groups is 1. The Morgan fingerprint density at radius 1 is 1.04 bits per heavy atom. The van der Waals surface area contributed by atoms with E-state index in [-0.39, 0.29) is 0 Å². The van der Waals surface area contributed by atoms with E-state index in [0.29, 0.717) is 11.8 Å². The monoisotopic (exact) mass is 363 g/mol. The second-order valence-electron chi connectivity index (χ2n) is 8.94. The van der Waals surface area contributed by atoms with E-state index in [2.05, 4.69) is 49.1 Å². The van der Waals surface area contributed by atoms with Gasteiger partial charge in [0.1, 0.15) is 5.75 Å². The molecule has 1 saturated carbocycles. The summed E-state index contributed by atoms with van der Waals surface area (Å²) < 4.78 is 0. The summed E-state index contributed by atoms with van der Waals surface area (Å²) in [5.74, 6) is 2.85. The van der Waals surface area contributed by atoms with Crippen LogP contribution in [-0.2, 0) is 6.42 Å². The van der Waals surface area contributed by atoms with Crippen molar-refractivity contribution in [3.63, 3.8) is 0 Å². The van der Waals surface area contributed by atoms with E-state index in [1.807, 2.05) is 12.1 Å². The highest BCUT2D eigenvalue weighted by molar-refractivity contribution is 5.31. The minimum absolute atomic E-state index is 0.400. The van der Waals surface area contributed by atoms with Crippen LogP contribution in [0, 0.1) is 24.7 Å². The molecule has 27 heavy (non-hydrogen) atoms. The maximum absolute atomic E-state index is 10.1. The van der Waals surface area contributed by atoms with Gasteiger partial charge in [-0.05, 0) is 80.2 Å². The fourth-order valence-electron chi connectivity index (χ4n) is 5.46. The van der Waals surface area contributed by atoms with Crippen LogP contribution in [0.4, 0.5) is 0 Å². The molecule has 2 aromatic rings. The van der Waals surface area contributed by atoms with Gasteiger partial charge in [0.15, 0.2) is 0 Å². The molecule has 4 atom stereocenters. The number of hydrogen-bond donors (Lipinski definition) is 1. The summed E-state index contributed by atoms with van der Waals surface area (Å²) in [6.07, 6.45) is 6.49. The van der Waals surface area contributed by atoms with Crippen molar-refractivity contribution in [3.8, 4) is 5.75 Å². The molecular formula is C25H33NO. The number of phenolic OH excluding ortho intramolecular Hbond substituents is 1. The van der Waals surface area contributed by atoms with Gasteiger partial charge >= 0.3 is 0 Å². The van der Waals surface area contributed by atoms with Crippen molar-refractivity contribution in [2.24, 2.45) is 17.8 Å². The quantitative estimate of drug-likeness (QED) is 0.748. The predicted octanol–water partition coefficient (Wildman–Crippen LogP) is 5.74. The zero-order chi connectivity index (χ0) is 18.8. The van der Waals surface area contributed by atoms with E-state index in [1.54, 1.807) is 6.07 Å². The zero-order valence-corrected chi connectivity index (χ0v) is 16.8. The number of nitrogens with zero attached hydrogens (tertiary/aromatic N) is 1. The van der Waals surface area contributed by atoms with E-state index < -0.39 is 0 Å². The van der Waals surface area contributed by atoms with Gasteiger partial charge in [-0.15, -0.1) is 0 Å². The van der Waals surface area contributed by atoms with Crippen molar-refractivity contribution in [3.05, 3.63) is 65.2 Å². The highest BCUT2D eigenvalue weighted by Crippen LogP contribution is 2.48. The first-order valence-corrected chi connectivity index (χ1v) is 10.7. The molecule has 0 amide bonds. The molecule has 0 spiro atoms. The summed E-state index contributed by atoms with van der Waals surface area (Å²) in [7, 11) is 0. The van der Waals surface area contributed by atoms with Crippen LogP contribution in [0.15, 0.2) is 48.5 Å². The number of phenols is 1. The van der Waals surface area contributed by atoms with Gasteiger partial charge in [0.2, 0.25) is 0 Å². The number of rotatable bonds is 4. The van der Waals surface area contributed by atoms with Gasteiger partial charge in [0, 0.05) is 12.6 Å². The molecule has 1 heterocycles. The van der Waals surface area contributed by atoms with Crippen LogP contribution in [-0.4, -0.2) is 23.1 Å². The van der Waals surface area contributed by atoms with Gasteiger partial charge in [-0.25, -0.2) is 0 Å². The van der Waals surface area contributed by atoms with Crippen molar-refractivity contribution in [2.45, 2.75) is 52.0 Å². The molecule has 2 fully saturated rings. The van der Waals surface area contributed by atoms with E-state index in [0.717, 1.165) is 30.7 Å². The molecular weight excluding hydrogens is 330 g/mol. The van der Waals surface area contributed by atoms with Gasteiger partial charge in [-0.1, -0.05) is 55.3 Å². The maximum atomic E-state index is 10.1. The first-order valence-electron chi connectivity index (χ1n) is 10.7. The van der Waals surface area contributed by atoms with Crippen LogP contribution < -0.4 is 0 Å². The number of hydrogen-bond acceptors (Lipinski definition) is 2. The van der Waals surface area contributed by atoms with E-state index >= 15 is 0 Å². The Labute approximate surface area is 164 Å². The topological polar surface area (TPSA) is 23.5 Å². The first-order chi connectivity index (χ1) is 13.1. The fraction of sp³-hybridized carbons (Fsp3) is 0.520. The molecule has 4 rings (SSSR count). The molecule has 2 heteroatoms. The van der Waals surface area contributed by atoms with E-state index in [1.165, 1.54) is 48.9 Å². The lowest BCUT2D eigenvalue weighted by atomic mass is 9.66. The Hall–Kier alpha value is -1.80. The molecule has 1 aliphatic heterocycles. The van der Waals surface area contributed by atoms with E-state index in [4.69, 9.17) is 0 Å². The first kappa shape index (κ1) is 18.6. The minimum atomic E-state index is 0.400. The molecule has 2 nitrogen and oxygen atoms in total. The lowest BCUT2D eigenvalue weighted by Crippen LogP contribution is -2.46. The van der Waals surface area contributed by atoms with Crippen molar-refractivity contribution in [2.75, 3.05) is 13.1 Å². The van der Waals surface area contributed by atoms with Gasteiger partial charge in [-0.2, -0.15) is 0 Å². The summed E-state index contributed by atoms with van der Waals surface area (Å²) in [6.45, 7) is 6.85. The second-order valence-corrected chi connectivity index (χ2v) is 8.94. The summed E-state index contributed by atoms with van der Waals surface area (Å²) in [5.41, 5.74) is 4.06. The Bertz CT molecular complexity index is 753. The normalized spacial score (nSPS) is 28.7. The number of piperidine rings is 1. The molecule has 2 aromatic carbocycles. The van der Waals surface area contributed by atoms with Crippen LogP contribution >= 0.6 is 0 Å². The highest BCUT2D eigenvalue weighted by atomic mass is 16.3. The minimum Gasteiger partial charge on any atom is -0.508 e. The average molecular weight is 364 g/mol. The Morgan fingerprint density at radius 2 is 1.85 bits per heavy atom. The molecule has 0 radical (unpaired) electrons. The molecule has 1 saturated heterocycles. The van der Waals surface area contributed by atoms with Gasteiger partial charge in [-0.3, -0.25) is 4.90 Å². The average Bonchev–Trinajstić information content (AvgIpc) is 2.67. The Morgan fingerprint density at radius 3 is 2.63 bits per heavy atom. The molecule has 1 N–H and O–H groups in total. The van der Waals surface area contributed by atoms with Gasteiger partial charge in [0.05, 0.1) is 0 Å². The van der Waals surface area contributed by atoms with Crippen LogP contribution in [0.3, 0.4) is 0 Å². The summed E-state index contributed by atoms with van der Waals surface area (Å²) in [4.78, 5) is 2.70. The number of likely N-dealkylation sites (tertiary alicyclic amines) is 1. The predicted molar refractivity (Wildman–Crippen MR) is 112 cm³/mol. The van der Waals surface area contributed by atoms with Gasteiger partial charge in [0.25, 0.3) is 0 Å². The van der Waals surface area contributed by atoms with Crippen LogP contribution in [0.25, 0.3) is 0 Å². The summed E-state index contributed by atoms with van der Waals surface area (Å²) in [6, 6.07) is 17.5. The van der Waals surface area contributed by atoms with Crippen LogP contribution in [0.2, 0.25) is 0 Å². The standard InChI is InChI=1S/C25H33NO/c1-18-6-9-20(10-7-18)12-14-26-15-13-21-16-19(2)8-11-24(21)25(26)22-4-3-5-23(27)17-22/h3-7,9-10,17,19,21,24-25,27H,8,11-16H2,1-2H3/t19?,21-,24?,25+/m0/s1. The van der Waals surface area contributed by atoms with Gasteiger partial charge < -0.3 is 5.11 Å². The third kappa shape index (κ3) is 4.21. The lowest BCUT2D eigenvalue weighted by Gasteiger charge is -2.49. The van der Waals surface area contributed by atoms with E-state index in [9.17, 15) is 5.11 Å². The smallest absolute Gasteiger partial charge is 0.115 e. The van der Waals surface area contributed by atoms with Crippen molar-refractivity contribution in [1.29, 1.82) is 0 Å². The molecule has 144 valence electrons. The fourth-order valence-corrected chi connectivity index (χ4v) is 5.46. The largest absolute Gasteiger partial charge is 0.508 e. The molecule has 2 aliphatic rings. The molecule has 2 unspecified atom stereocenters. The van der Waals surface area contributed by atoms with Crippen LogP contribution in [0.5, 0.6) is 5.75 Å². The lowest BCUT2D eigenvalue weighted by molar-refractivity contribution is 0.0107. The number of aryl methyl sites for hydroxylation is 1. The Kier molecular flexibility index (Phi) is 5.54. The second kappa shape index (κ2) is 8.06. The maximum Gasteiger partial charge on any atom is 0.115 e. The third-order valence-electron chi connectivity index (χ3n) is 6.91. The van der Waals surface area contributed by atoms with Crippen molar-refractivity contribution >= 4 is 0 Å². The third-order valence-corrected chi connectivity index (χ3v) is 6.91. The Balaban J connectivity index is 1.56. The zero-order valence-electron chi connectivity index (χ0n) is 16.8. The summed E-state index contributed by atoms with van der Waals surface area (Å²) in [5, 5.41) is 10.1. The molecule has 0 bridgehead atoms. The van der Waals surface area contributed by atoms with Crippen molar-refractivity contribution < 1.29 is 5.11 Å². The molecule has 0 aromatic heterocycles. The molecule has 1 aliphatic carbocycles. The number of fused-ring (bicyclic) bond motifs is 1. The highest BCUT2D eigenvalue weighted by Gasteiger charge is 2.41. The summed E-state index contributed by atoms with van der Waals surface area (Å²) >= 11 is 0. The number of benzene rings is 2. The van der Waals surface area contributed by atoms with Crippen molar-refractivity contribution in [1.82, 2.24) is 4.90 Å². The van der Waals surface area contributed by atoms with Crippen LogP contribution in [0.1, 0.15) is 55.3 Å².